The lowest BCUT2D eigenvalue weighted by Crippen LogP contribution is -2.11. The molecule has 0 aliphatic heterocycles. The maximum atomic E-state index is 11.0. The Morgan fingerprint density at radius 2 is 2.30 bits per heavy atom. The fourth-order valence-corrected chi connectivity index (χ4v) is 1.49. The zero-order valence-corrected chi connectivity index (χ0v) is 6.68. The van der Waals surface area contributed by atoms with Crippen molar-refractivity contribution in [1.29, 1.82) is 0 Å². The Hall–Kier alpha value is -0.590. The van der Waals surface area contributed by atoms with Crippen LogP contribution in [0.25, 0.3) is 0 Å². The molecule has 0 aromatic heterocycles. The minimum absolute atomic E-state index is 0.315. The number of carbonyl (C=O) groups is 1. The van der Waals surface area contributed by atoms with E-state index in [1.54, 1.807) is 6.08 Å². The van der Waals surface area contributed by atoms with Crippen LogP contribution in [0.1, 0.15) is 33.1 Å². The van der Waals surface area contributed by atoms with Crippen LogP contribution < -0.4 is 0 Å². The van der Waals surface area contributed by atoms with Gasteiger partial charge in [0.1, 0.15) is 0 Å². The number of allylic oxidation sites excluding steroid dienone is 2. The maximum Gasteiger partial charge on any atom is 0.155 e. The Labute approximate surface area is 62.1 Å². The molecule has 0 aromatic carbocycles. The van der Waals surface area contributed by atoms with Gasteiger partial charge in [0.15, 0.2) is 5.78 Å². The summed E-state index contributed by atoms with van der Waals surface area (Å²) in [4.78, 5) is 11.0. The third-order valence-electron chi connectivity index (χ3n) is 2.09. The number of hydrogen-bond acceptors (Lipinski definition) is 1. The van der Waals surface area contributed by atoms with Gasteiger partial charge in [-0.15, -0.1) is 0 Å². The van der Waals surface area contributed by atoms with Crippen LogP contribution in [0.3, 0.4) is 0 Å². The van der Waals surface area contributed by atoms with Crippen molar-refractivity contribution in [3.63, 3.8) is 0 Å². The smallest absolute Gasteiger partial charge is 0.155 e. The molecule has 0 saturated carbocycles. The van der Waals surface area contributed by atoms with E-state index in [0.29, 0.717) is 11.7 Å². The molecule has 1 heteroatoms. The number of rotatable bonds is 1. The van der Waals surface area contributed by atoms with Gasteiger partial charge in [-0.1, -0.05) is 18.9 Å². The summed E-state index contributed by atoms with van der Waals surface area (Å²) in [6.45, 7) is 4.19. The number of ketones is 1. The van der Waals surface area contributed by atoms with Crippen LogP contribution in [0.15, 0.2) is 11.6 Å². The van der Waals surface area contributed by atoms with E-state index in [2.05, 4.69) is 6.92 Å². The largest absolute Gasteiger partial charge is 0.295 e. The Balaban J connectivity index is 2.60. The van der Waals surface area contributed by atoms with E-state index in [-0.39, 0.29) is 0 Å². The second kappa shape index (κ2) is 3.00. The van der Waals surface area contributed by atoms with Crippen molar-refractivity contribution in [3.8, 4) is 0 Å². The molecule has 0 heterocycles. The standard InChI is InChI=1S/C9H14O/c1-3-8-4-7(2)5-9(10)6-8/h5,8H,3-4,6H2,1-2H3. The fraction of sp³-hybridized carbons (Fsp3) is 0.667. The SMILES string of the molecule is CCC1CC(=O)C=C(C)C1. The van der Waals surface area contributed by atoms with Gasteiger partial charge < -0.3 is 0 Å². The van der Waals surface area contributed by atoms with E-state index in [9.17, 15) is 4.79 Å². The second-order valence-corrected chi connectivity index (χ2v) is 3.14. The first-order chi connectivity index (χ1) is 4.72. The molecule has 0 fully saturated rings. The Morgan fingerprint density at radius 1 is 1.60 bits per heavy atom. The fourth-order valence-electron chi connectivity index (χ4n) is 1.49. The van der Waals surface area contributed by atoms with Gasteiger partial charge in [-0.25, -0.2) is 0 Å². The van der Waals surface area contributed by atoms with Gasteiger partial charge >= 0.3 is 0 Å². The minimum atomic E-state index is 0.315. The summed E-state index contributed by atoms with van der Waals surface area (Å²) in [5, 5.41) is 0. The molecule has 1 rings (SSSR count). The molecule has 0 bridgehead atoms. The van der Waals surface area contributed by atoms with Crippen molar-refractivity contribution in [2.75, 3.05) is 0 Å². The van der Waals surface area contributed by atoms with Crippen LogP contribution in [0, 0.1) is 5.92 Å². The third kappa shape index (κ3) is 1.69. The average Bonchev–Trinajstić information content (AvgIpc) is 1.85. The molecule has 1 aliphatic carbocycles. The van der Waals surface area contributed by atoms with Gasteiger partial charge in [-0.3, -0.25) is 4.79 Å². The highest BCUT2D eigenvalue weighted by molar-refractivity contribution is 5.91. The number of hydrogen-bond donors (Lipinski definition) is 0. The quantitative estimate of drug-likeness (QED) is 0.543. The van der Waals surface area contributed by atoms with Crippen molar-refractivity contribution < 1.29 is 4.79 Å². The summed E-state index contributed by atoms with van der Waals surface area (Å²) < 4.78 is 0. The zero-order valence-electron chi connectivity index (χ0n) is 6.68. The first kappa shape index (κ1) is 7.52. The predicted molar refractivity (Wildman–Crippen MR) is 41.8 cm³/mol. The van der Waals surface area contributed by atoms with Gasteiger partial charge in [-0.05, 0) is 25.3 Å². The molecular formula is C9H14O. The summed E-state index contributed by atoms with van der Waals surface area (Å²) in [5.41, 5.74) is 1.25. The van der Waals surface area contributed by atoms with Gasteiger partial charge in [0, 0.05) is 6.42 Å². The van der Waals surface area contributed by atoms with Gasteiger partial charge in [0.25, 0.3) is 0 Å². The lowest BCUT2D eigenvalue weighted by atomic mass is 9.87. The highest BCUT2D eigenvalue weighted by Gasteiger charge is 2.15. The molecule has 0 spiro atoms. The summed E-state index contributed by atoms with van der Waals surface area (Å²) in [7, 11) is 0. The highest BCUT2D eigenvalue weighted by atomic mass is 16.1. The topological polar surface area (TPSA) is 17.1 Å². The molecule has 0 N–H and O–H groups in total. The second-order valence-electron chi connectivity index (χ2n) is 3.14. The molecule has 0 amide bonds. The first-order valence-electron chi connectivity index (χ1n) is 3.92. The van der Waals surface area contributed by atoms with Crippen LogP contribution in [0.2, 0.25) is 0 Å². The maximum absolute atomic E-state index is 11.0. The van der Waals surface area contributed by atoms with Crippen molar-refractivity contribution in [3.05, 3.63) is 11.6 Å². The molecule has 0 radical (unpaired) electrons. The summed E-state index contributed by atoms with van der Waals surface area (Å²) >= 11 is 0. The van der Waals surface area contributed by atoms with Gasteiger partial charge in [0.05, 0.1) is 0 Å². The van der Waals surface area contributed by atoms with Gasteiger partial charge in [-0.2, -0.15) is 0 Å². The molecule has 0 saturated heterocycles. The molecule has 56 valence electrons. The van der Waals surface area contributed by atoms with Crippen LogP contribution in [-0.4, -0.2) is 5.78 Å². The van der Waals surface area contributed by atoms with Crippen LogP contribution in [0.4, 0.5) is 0 Å². The van der Waals surface area contributed by atoms with E-state index in [1.165, 1.54) is 5.57 Å². The van der Waals surface area contributed by atoms with Crippen molar-refractivity contribution in [2.45, 2.75) is 33.1 Å². The molecular weight excluding hydrogens is 124 g/mol. The van der Waals surface area contributed by atoms with Crippen LogP contribution >= 0.6 is 0 Å². The number of carbonyl (C=O) groups excluding carboxylic acids is 1. The molecule has 0 aromatic rings. The van der Waals surface area contributed by atoms with Crippen LogP contribution in [0.5, 0.6) is 0 Å². The highest BCUT2D eigenvalue weighted by Crippen LogP contribution is 2.23. The minimum Gasteiger partial charge on any atom is -0.295 e. The van der Waals surface area contributed by atoms with E-state index in [0.717, 1.165) is 19.3 Å². The normalized spacial score (nSPS) is 26.4. The summed E-state index contributed by atoms with van der Waals surface area (Å²) in [6, 6.07) is 0. The zero-order chi connectivity index (χ0) is 7.56. The molecule has 1 nitrogen and oxygen atoms in total. The Bertz CT molecular complexity index is 168. The molecule has 1 aliphatic rings. The first-order valence-corrected chi connectivity index (χ1v) is 3.92. The van der Waals surface area contributed by atoms with E-state index in [4.69, 9.17) is 0 Å². The third-order valence-corrected chi connectivity index (χ3v) is 2.09. The molecule has 10 heavy (non-hydrogen) atoms. The molecule has 1 unspecified atom stereocenters. The van der Waals surface area contributed by atoms with Crippen molar-refractivity contribution in [2.24, 2.45) is 5.92 Å². The van der Waals surface area contributed by atoms with Crippen molar-refractivity contribution >= 4 is 5.78 Å². The van der Waals surface area contributed by atoms with E-state index < -0.39 is 0 Å². The van der Waals surface area contributed by atoms with E-state index >= 15 is 0 Å². The van der Waals surface area contributed by atoms with Gasteiger partial charge in [0.2, 0.25) is 0 Å². The average molecular weight is 138 g/mol. The predicted octanol–water partition coefficient (Wildman–Crippen LogP) is 2.32. The van der Waals surface area contributed by atoms with E-state index in [1.807, 2.05) is 6.92 Å². The van der Waals surface area contributed by atoms with Crippen LogP contribution in [-0.2, 0) is 4.79 Å². The summed E-state index contributed by atoms with van der Waals surface area (Å²) in [6.07, 6.45) is 4.82. The molecule has 1 atom stereocenters. The Morgan fingerprint density at radius 3 is 2.80 bits per heavy atom. The van der Waals surface area contributed by atoms with Crippen molar-refractivity contribution in [1.82, 2.24) is 0 Å². The lowest BCUT2D eigenvalue weighted by molar-refractivity contribution is -0.115. The monoisotopic (exact) mass is 138 g/mol. The lowest BCUT2D eigenvalue weighted by Gasteiger charge is -2.17. The Kier molecular flexibility index (Phi) is 2.25. The summed E-state index contributed by atoms with van der Waals surface area (Å²) in [5.74, 6) is 0.938.